The van der Waals surface area contributed by atoms with Crippen LogP contribution in [-0.4, -0.2) is 54.4 Å². The number of nitrogens with one attached hydrogen (secondary N) is 2. The molecular weight excluding hydrogens is 402 g/mol. The smallest absolute Gasteiger partial charge is 0.322 e. The van der Waals surface area contributed by atoms with Crippen LogP contribution in [0.1, 0.15) is 37.0 Å². The number of carbonyl (C=O) groups is 3. The molecule has 0 radical (unpaired) electrons. The molecule has 1 saturated heterocycles. The van der Waals surface area contributed by atoms with Crippen LogP contribution >= 0.6 is 23.1 Å². The lowest BCUT2D eigenvalue weighted by atomic mass is 9.82. The molecule has 2 N–H and O–H groups in total. The monoisotopic (exact) mass is 421 g/mol. The van der Waals surface area contributed by atoms with E-state index in [1.54, 1.807) is 16.0 Å². The van der Waals surface area contributed by atoms with Gasteiger partial charge in [0.05, 0.1) is 12.3 Å². The highest BCUT2D eigenvalue weighted by atomic mass is 32.2. The minimum Gasteiger partial charge on any atom is -0.322 e. The molecule has 1 saturated carbocycles. The molecule has 2 aliphatic rings. The van der Waals surface area contributed by atoms with Crippen LogP contribution in [0.25, 0.3) is 0 Å². The zero-order valence-electron chi connectivity index (χ0n) is 15.0. The molecule has 4 amide bonds. The number of nitrogens with zero attached hydrogens (tertiary/aromatic N) is 5. The summed E-state index contributed by atoms with van der Waals surface area (Å²) < 4.78 is 1.61. The van der Waals surface area contributed by atoms with E-state index in [0.29, 0.717) is 24.5 Å². The molecule has 12 heteroatoms. The predicted molar refractivity (Wildman–Crippen MR) is 101 cm³/mol. The second-order valence-electron chi connectivity index (χ2n) is 6.74. The van der Waals surface area contributed by atoms with Crippen molar-refractivity contribution >= 4 is 40.9 Å². The fourth-order valence-electron chi connectivity index (χ4n) is 3.45. The lowest BCUT2D eigenvalue weighted by Gasteiger charge is -2.30. The maximum atomic E-state index is 12.7. The Bertz CT molecular complexity index is 877. The molecule has 2 aromatic heterocycles. The van der Waals surface area contributed by atoms with Crippen molar-refractivity contribution in [3.8, 4) is 0 Å². The Labute approximate surface area is 169 Å². The lowest BCUT2D eigenvalue weighted by molar-refractivity contribution is -0.139. The van der Waals surface area contributed by atoms with E-state index in [-0.39, 0.29) is 11.7 Å². The quantitative estimate of drug-likeness (QED) is 0.530. The number of carbonyl (C=O) groups excluding carboxylic acids is 3. The summed E-state index contributed by atoms with van der Waals surface area (Å²) in [5.41, 5.74) is 1.55. The van der Waals surface area contributed by atoms with E-state index in [1.165, 1.54) is 0 Å². The first-order valence-corrected chi connectivity index (χ1v) is 10.8. The van der Waals surface area contributed by atoms with Crippen molar-refractivity contribution in [2.24, 2.45) is 0 Å². The molecule has 1 aliphatic heterocycles. The van der Waals surface area contributed by atoms with Gasteiger partial charge in [-0.25, -0.2) is 9.48 Å². The fourth-order valence-corrected chi connectivity index (χ4v) is 4.81. The highest BCUT2D eigenvalue weighted by Crippen LogP contribution is 2.33. The number of hydrogen-bond donors (Lipinski definition) is 2. The second kappa shape index (κ2) is 7.87. The zero-order valence-corrected chi connectivity index (χ0v) is 16.6. The highest BCUT2D eigenvalue weighted by Gasteiger charge is 2.52. The van der Waals surface area contributed by atoms with Crippen LogP contribution < -0.4 is 10.7 Å². The van der Waals surface area contributed by atoms with Gasteiger partial charge in [-0.1, -0.05) is 37.1 Å². The van der Waals surface area contributed by atoms with E-state index in [1.807, 2.05) is 17.5 Å². The van der Waals surface area contributed by atoms with Crippen molar-refractivity contribution in [2.75, 3.05) is 5.75 Å². The number of hydrogen-bond acceptors (Lipinski definition) is 8. The lowest BCUT2D eigenvalue weighted by Crippen LogP contribution is -2.51. The van der Waals surface area contributed by atoms with Gasteiger partial charge < -0.3 is 5.32 Å². The maximum absolute atomic E-state index is 12.7. The molecule has 2 aromatic rings. The fraction of sp³-hybridized carbons (Fsp3) is 0.500. The van der Waals surface area contributed by atoms with E-state index in [0.717, 1.165) is 40.9 Å². The molecule has 0 bridgehead atoms. The van der Waals surface area contributed by atoms with Crippen molar-refractivity contribution < 1.29 is 14.4 Å². The minimum absolute atomic E-state index is 0.0190. The molecule has 10 nitrogen and oxygen atoms in total. The van der Waals surface area contributed by atoms with Gasteiger partial charge in [0, 0.05) is 4.88 Å². The normalized spacial score (nSPS) is 18.5. The standard InChI is InChI=1S/C16H19N7O3S2/c24-12(10-28-15-18-20-21-22(15)9-11-5-4-8-27-11)19-23-13(25)16(17-14(23)26)6-2-1-3-7-16/h4-5,8H,1-3,6-7,9-10H2,(H,17,26)(H,19,24). The predicted octanol–water partition coefficient (Wildman–Crippen LogP) is 1.16. The van der Waals surface area contributed by atoms with Crippen molar-refractivity contribution in [1.29, 1.82) is 0 Å². The van der Waals surface area contributed by atoms with Gasteiger partial charge in [0.15, 0.2) is 0 Å². The van der Waals surface area contributed by atoms with Crippen molar-refractivity contribution in [3.63, 3.8) is 0 Å². The summed E-state index contributed by atoms with van der Waals surface area (Å²) in [6.45, 7) is 0.518. The summed E-state index contributed by atoms with van der Waals surface area (Å²) in [7, 11) is 0. The largest absolute Gasteiger partial charge is 0.344 e. The number of aromatic nitrogens is 4. The Morgan fingerprint density at radius 2 is 2.14 bits per heavy atom. The number of tetrazole rings is 1. The molecule has 148 valence electrons. The summed E-state index contributed by atoms with van der Waals surface area (Å²) in [5.74, 6) is -0.861. The molecule has 2 fully saturated rings. The van der Waals surface area contributed by atoms with Gasteiger partial charge in [-0.3, -0.25) is 15.0 Å². The van der Waals surface area contributed by atoms with Crippen LogP contribution in [0.4, 0.5) is 4.79 Å². The van der Waals surface area contributed by atoms with Crippen molar-refractivity contribution in [1.82, 2.24) is 36.0 Å². The first-order valence-electron chi connectivity index (χ1n) is 8.95. The number of imide groups is 1. The molecule has 0 atom stereocenters. The molecule has 0 aromatic carbocycles. The molecule has 28 heavy (non-hydrogen) atoms. The van der Waals surface area contributed by atoms with E-state index < -0.39 is 17.5 Å². The molecule has 4 rings (SSSR count). The number of rotatable bonds is 6. The van der Waals surface area contributed by atoms with Crippen LogP contribution in [0, 0.1) is 0 Å². The van der Waals surface area contributed by atoms with E-state index in [9.17, 15) is 14.4 Å². The molecule has 1 spiro atoms. The van der Waals surface area contributed by atoms with Crippen LogP contribution in [0.3, 0.4) is 0 Å². The number of thioether (sulfide) groups is 1. The molecular formula is C16H19N7O3S2. The number of thiophene rings is 1. The zero-order chi connectivity index (χ0) is 19.6. The Morgan fingerprint density at radius 3 is 2.89 bits per heavy atom. The summed E-state index contributed by atoms with van der Waals surface area (Å²) in [5, 5.41) is 17.5. The molecule has 1 aliphatic carbocycles. The van der Waals surface area contributed by atoms with E-state index in [4.69, 9.17) is 0 Å². The summed E-state index contributed by atoms with van der Waals surface area (Å²) in [6, 6.07) is 3.35. The van der Waals surface area contributed by atoms with Crippen LogP contribution in [0.15, 0.2) is 22.7 Å². The first kappa shape index (κ1) is 18.9. The molecule has 3 heterocycles. The number of hydrazine groups is 1. The van der Waals surface area contributed by atoms with Gasteiger partial charge in [0.2, 0.25) is 11.1 Å². The topological polar surface area (TPSA) is 122 Å². The third-order valence-electron chi connectivity index (χ3n) is 4.82. The van der Waals surface area contributed by atoms with Gasteiger partial charge in [-0.15, -0.1) is 16.4 Å². The van der Waals surface area contributed by atoms with E-state index >= 15 is 0 Å². The highest BCUT2D eigenvalue weighted by molar-refractivity contribution is 7.99. The SMILES string of the molecule is O=C(CSc1nnnn1Cc1cccs1)NN1C(=O)NC2(CCCCC2)C1=O. The van der Waals surface area contributed by atoms with Gasteiger partial charge in [0.1, 0.15) is 5.54 Å². The second-order valence-corrected chi connectivity index (χ2v) is 8.71. The minimum atomic E-state index is -0.861. The Kier molecular flexibility index (Phi) is 5.31. The number of amides is 4. The maximum Gasteiger partial charge on any atom is 0.344 e. The average Bonchev–Trinajstić information content (AvgIpc) is 3.40. The summed E-state index contributed by atoms with van der Waals surface area (Å²) >= 11 is 2.74. The summed E-state index contributed by atoms with van der Waals surface area (Å²) in [6.07, 6.45) is 4.04. The van der Waals surface area contributed by atoms with Gasteiger partial charge in [-0.2, -0.15) is 5.01 Å². The average molecular weight is 422 g/mol. The van der Waals surface area contributed by atoms with Gasteiger partial charge in [-0.05, 0) is 34.7 Å². The van der Waals surface area contributed by atoms with Crippen LogP contribution in [-0.2, 0) is 16.1 Å². The van der Waals surface area contributed by atoms with Gasteiger partial charge in [0.25, 0.3) is 5.91 Å². The third kappa shape index (κ3) is 3.74. The Hall–Kier alpha value is -2.47. The summed E-state index contributed by atoms with van der Waals surface area (Å²) in [4.78, 5) is 38.3. The van der Waals surface area contributed by atoms with Crippen LogP contribution in [0.2, 0.25) is 0 Å². The first-order chi connectivity index (χ1) is 13.6. The van der Waals surface area contributed by atoms with E-state index in [2.05, 4.69) is 26.3 Å². The van der Waals surface area contributed by atoms with Gasteiger partial charge >= 0.3 is 6.03 Å². The van der Waals surface area contributed by atoms with Crippen molar-refractivity contribution in [3.05, 3.63) is 22.4 Å². The van der Waals surface area contributed by atoms with Crippen molar-refractivity contribution in [2.45, 2.75) is 49.3 Å². The Balaban J connectivity index is 1.33. The van der Waals surface area contributed by atoms with Crippen LogP contribution in [0.5, 0.6) is 0 Å². The third-order valence-corrected chi connectivity index (χ3v) is 6.64. The Morgan fingerprint density at radius 1 is 1.32 bits per heavy atom. The number of urea groups is 1. The molecule has 0 unspecified atom stereocenters.